The van der Waals surface area contributed by atoms with Crippen LogP contribution in [0.15, 0.2) is 48.5 Å². The fraction of sp³-hybridized carbons (Fsp3) is 0.348. The number of aryl methyl sites for hydroxylation is 1. The Balaban J connectivity index is 1.84. The molecule has 0 heterocycles. The zero-order valence-electron chi connectivity index (χ0n) is 17.9. The van der Waals surface area contributed by atoms with Crippen LogP contribution in [0, 0.1) is 6.92 Å². The SMILES string of the molecule is Cc1ccc(C(=O)Nc2ccccc2CNC(=O)CCNC(=O)OC(C)(C)C)cc1. The van der Waals surface area contributed by atoms with E-state index in [4.69, 9.17) is 4.74 Å². The van der Waals surface area contributed by atoms with E-state index >= 15 is 0 Å². The number of amides is 3. The van der Waals surface area contributed by atoms with Crippen LogP contribution in [0.1, 0.15) is 48.7 Å². The quantitative estimate of drug-likeness (QED) is 0.646. The highest BCUT2D eigenvalue weighted by Gasteiger charge is 2.16. The first kappa shape index (κ1) is 22.9. The van der Waals surface area contributed by atoms with Gasteiger partial charge < -0.3 is 20.7 Å². The molecule has 7 nitrogen and oxygen atoms in total. The first-order valence-electron chi connectivity index (χ1n) is 9.83. The minimum absolute atomic E-state index is 0.122. The fourth-order valence-corrected chi connectivity index (χ4v) is 2.57. The highest BCUT2D eigenvalue weighted by atomic mass is 16.6. The van der Waals surface area contributed by atoms with Gasteiger partial charge in [0.1, 0.15) is 5.60 Å². The van der Waals surface area contributed by atoms with Crippen LogP contribution >= 0.6 is 0 Å². The molecule has 160 valence electrons. The van der Waals surface area contributed by atoms with Gasteiger partial charge in [-0.05, 0) is 51.5 Å². The van der Waals surface area contributed by atoms with Crippen LogP contribution < -0.4 is 16.0 Å². The molecule has 2 aromatic rings. The first-order valence-corrected chi connectivity index (χ1v) is 9.83. The second kappa shape index (κ2) is 10.4. The number of para-hydroxylation sites is 1. The Morgan fingerprint density at radius 2 is 1.60 bits per heavy atom. The van der Waals surface area contributed by atoms with Crippen LogP contribution in [0.3, 0.4) is 0 Å². The van der Waals surface area contributed by atoms with Gasteiger partial charge in [-0.3, -0.25) is 9.59 Å². The number of hydrogen-bond donors (Lipinski definition) is 3. The number of nitrogens with one attached hydrogen (secondary N) is 3. The third-order valence-corrected chi connectivity index (χ3v) is 4.08. The van der Waals surface area contributed by atoms with Crippen LogP contribution in [0.25, 0.3) is 0 Å². The summed E-state index contributed by atoms with van der Waals surface area (Å²) in [6.45, 7) is 7.71. The van der Waals surface area contributed by atoms with Crippen molar-refractivity contribution in [2.24, 2.45) is 0 Å². The third kappa shape index (κ3) is 7.95. The van der Waals surface area contributed by atoms with Gasteiger partial charge in [0.2, 0.25) is 5.91 Å². The van der Waals surface area contributed by atoms with Gasteiger partial charge in [-0.25, -0.2) is 4.79 Å². The molecule has 0 saturated heterocycles. The third-order valence-electron chi connectivity index (χ3n) is 4.08. The van der Waals surface area contributed by atoms with Crippen molar-refractivity contribution >= 4 is 23.6 Å². The Kier molecular flexibility index (Phi) is 7.98. The van der Waals surface area contributed by atoms with E-state index < -0.39 is 11.7 Å². The lowest BCUT2D eigenvalue weighted by Crippen LogP contribution is -2.35. The maximum atomic E-state index is 12.5. The summed E-state index contributed by atoms with van der Waals surface area (Å²) in [7, 11) is 0. The van der Waals surface area contributed by atoms with Crippen LogP contribution in [-0.4, -0.2) is 30.1 Å². The van der Waals surface area contributed by atoms with Gasteiger partial charge in [0.25, 0.3) is 5.91 Å². The van der Waals surface area contributed by atoms with E-state index in [9.17, 15) is 14.4 Å². The molecule has 0 spiro atoms. The molecule has 0 unspecified atom stereocenters. The summed E-state index contributed by atoms with van der Waals surface area (Å²) in [5.74, 6) is -0.430. The van der Waals surface area contributed by atoms with E-state index in [1.807, 2.05) is 37.3 Å². The molecular formula is C23H29N3O4. The van der Waals surface area contributed by atoms with E-state index in [1.165, 1.54) is 0 Å². The summed E-state index contributed by atoms with van der Waals surface area (Å²) in [4.78, 5) is 36.1. The number of carbonyl (C=O) groups excluding carboxylic acids is 3. The summed E-state index contributed by atoms with van der Waals surface area (Å²) < 4.78 is 5.12. The summed E-state index contributed by atoms with van der Waals surface area (Å²) in [6.07, 6.45) is -0.434. The summed E-state index contributed by atoms with van der Waals surface area (Å²) in [6, 6.07) is 14.6. The molecule has 30 heavy (non-hydrogen) atoms. The van der Waals surface area contributed by atoms with Crippen LogP contribution in [0.5, 0.6) is 0 Å². The average Bonchev–Trinajstić information content (AvgIpc) is 2.66. The standard InChI is InChI=1S/C23H29N3O4/c1-16-9-11-17(12-10-16)21(28)26-19-8-6-5-7-18(19)15-25-20(27)13-14-24-22(29)30-23(2,3)4/h5-12H,13-15H2,1-4H3,(H,24,29)(H,25,27)(H,26,28). The van der Waals surface area contributed by atoms with E-state index in [0.29, 0.717) is 11.3 Å². The molecule has 3 N–H and O–H groups in total. The molecule has 0 bridgehead atoms. The molecule has 0 aliphatic carbocycles. The van der Waals surface area contributed by atoms with E-state index in [1.54, 1.807) is 39.0 Å². The number of carbonyl (C=O) groups is 3. The minimum atomic E-state index is -0.584. The Bertz CT molecular complexity index is 886. The molecule has 0 radical (unpaired) electrons. The van der Waals surface area contributed by atoms with Crippen LogP contribution in [0.2, 0.25) is 0 Å². The monoisotopic (exact) mass is 411 g/mol. The molecule has 3 amide bonds. The van der Waals surface area contributed by atoms with Crippen molar-refractivity contribution in [1.82, 2.24) is 10.6 Å². The van der Waals surface area contributed by atoms with Gasteiger partial charge >= 0.3 is 6.09 Å². The van der Waals surface area contributed by atoms with Crippen molar-refractivity contribution in [3.63, 3.8) is 0 Å². The smallest absolute Gasteiger partial charge is 0.407 e. The highest BCUT2D eigenvalue weighted by Crippen LogP contribution is 2.16. The van der Waals surface area contributed by atoms with Crippen molar-refractivity contribution in [1.29, 1.82) is 0 Å². The van der Waals surface area contributed by atoms with E-state index in [-0.39, 0.29) is 31.3 Å². The second-order valence-corrected chi connectivity index (χ2v) is 7.93. The van der Waals surface area contributed by atoms with Crippen molar-refractivity contribution in [2.45, 2.75) is 46.3 Å². The number of rotatable bonds is 7. The Hall–Kier alpha value is -3.35. The topological polar surface area (TPSA) is 96.5 Å². The van der Waals surface area contributed by atoms with Gasteiger partial charge in [-0.1, -0.05) is 35.9 Å². The number of hydrogen-bond acceptors (Lipinski definition) is 4. The zero-order chi connectivity index (χ0) is 22.1. The zero-order valence-corrected chi connectivity index (χ0v) is 17.9. The largest absolute Gasteiger partial charge is 0.444 e. The summed E-state index contributed by atoms with van der Waals surface area (Å²) in [5.41, 5.74) is 2.48. The summed E-state index contributed by atoms with van der Waals surface area (Å²) >= 11 is 0. The predicted octanol–water partition coefficient (Wildman–Crippen LogP) is 3.78. The van der Waals surface area contributed by atoms with Crippen molar-refractivity contribution < 1.29 is 19.1 Å². The first-order chi connectivity index (χ1) is 14.1. The lowest BCUT2D eigenvalue weighted by Gasteiger charge is -2.19. The molecular weight excluding hydrogens is 382 g/mol. The van der Waals surface area contributed by atoms with Crippen LogP contribution in [-0.2, 0) is 16.1 Å². The molecule has 7 heteroatoms. The molecule has 2 aromatic carbocycles. The number of alkyl carbamates (subject to hydrolysis) is 1. The van der Waals surface area contributed by atoms with Gasteiger partial charge in [0.15, 0.2) is 0 Å². The molecule has 0 aliphatic rings. The second-order valence-electron chi connectivity index (χ2n) is 7.93. The average molecular weight is 412 g/mol. The number of anilines is 1. The number of ether oxygens (including phenoxy) is 1. The fourth-order valence-electron chi connectivity index (χ4n) is 2.57. The minimum Gasteiger partial charge on any atom is -0.444 e. The van der Waals surface area contributed by atoms with Crippen molar-refractivity contribution in [3.8, 4) is 0 Å². The molecule has 0 atom stereocenters. The van der Waals surface area contributed by atoms with Crippen molar-refractivity contribution in [3.05, 3.63) is 65.2 Å². The number of benzene rings is 2. The maximum Gasteiger partial charge on any atom is 0.407 e. The van der Waals surface area contributed by atoms with E-state index in [2.05, 4.69) is 16.0 Å². The highest BCUT2D eigenvalue weighted by molar-refractivity contribution is 6.04. The van der Waals surface area contributed by atoms with Gasteiger partial charge in [-0.15, -0.1) is 0 Å². The van der Waals surface area contributed by atoms with Crippen molar-refractivity contribution in [2.75, 3.05) is 11.9 Å². The Morgan fingerprint density at radius 3 is 2.27 bits per heavy atom. The normalized spacial score (nSPS) is 10.8. The molecule has 0 saturated carbocycles. The Morgan fingerprint density at radius 1 is 0.933 bits per heavy atom. The van der Waals surface area contributed by atoms with Gasteiger partial charge in [0.05, 0.1) is 0 Å². The lowest BCUT2D eigenvalue weighted by atomic mass is 10.1. The predicted molar refractivity (Wildman–Crippen MR) is 116 cm³/mol. The van der Waals surface area contributed by atoms with Gasteiger partial charge in [0, 0.05) is 30.8 Å². The molecule has 0 aliphatic heterocycles. The van der Waals surface area contributed by atoms with E-state index in [0.717, 1.165) is 11.1 Å². The Labute approximate surface area is 177 Å². The summed E-state index contributed by atoms with van der Waals surface area (Å²) in [5, 5.41) is 8.23. The van der Waals surface area contributed by atoms with Crippen LogP contribution in [0.4, 0.5) is 10.5 Å². The maximum absolute atomic E-state index is 12.5. The molecule has 0 fully saturated rings. The lowest BCUT2D eigenvalue weighted by molar-refractivity contribution is -0.121. The molecule has 2 rings (SSSR count). The molecule has 0 aromatic heterocycles. The van der Waals surface area contributed by atoms with Gasteiger partial charge in [-0.2, -0.15) is 0 Å².